The highest BCUT2D eigenvalue weighted by molar-refractivity contribution is 5.22. The lowest BCUT2D eigenvalue weighted by Crippen LogP contribution is -2.29. The van der Waals surface area contributed by atoms with Crippen LogP contribution in [-0.2, 0) is 0 Å². The molecule has 0 aromatic heterocycles. The maximum Gasteiger partial charge on any atom is 0.123 e. The van der Waals surface area contributed by atoms with Crippen LogP contribution in [-0.4, -0.2) is 31.6 Å². The Labute approximate surface area is 103 Å². The Balaban J connectivity index is 2.21. The Morgan fingerprint density at radius 3 is 2.65 bits per heavy atom. The summed E-state index contributed by atoms with van der Waals surface area (Å²) >= 11 is 0. The van der Waals surface area contributed by atoms with Gasteiger partial charge in [0, 0.05) is 6.04 Å². The zero-order valence-corrected chi connectivity index (χ0v) is 10.6. The number of halogens is 1. The molecule has 1 aliphatic heterocycles. The smallest absolute Gasteiger partial charge is 0.123 e. The fourth-order valence-corrected chi connectivity index (χ4v) is 2.90. The number of likely N-dealkylation sites (tertiary alicyclic amines) is 1. The number of rotatable bonds is 4. The molecule has 1 N–H and O–H groups in total. The third kappa shape index (κ3) is 2.67. The van der Waals surface area contributed by atoms with E-state index >= 15 is 0 Å². The van der Waals surface area contributed by atoms with Gasteiger partial charge in [0.05, 0.1) is 0 Å². The summed E-state index contributed by atoms with van der Waals surface area (Å²) < 4.78 is 13.0. The van der Waals surface area contributed by atoms with E-state index in [1.807, 2.05) is 19.2 Å². The van der Waals surface area contributed by atoms with E-state index in [1.54, 1.807) is 12.1 Å². The molecule has 2 unspecified atom stereocenters. The predicted octanol–water partition coefficient (Wildman–Crippen LogP) is 2.43. The molecule has 1 fully saturated rings. The van der Waals surface area contributed by atoms with Gasteiger partial charge in [-0.3, -0.25) is 4.90 Å². The van der Waals surface area contributed by atoms with Crippen molar-refractivity contribution >= 4 is 0 Å². The van der Waals surface area contributed by atoms with E-state index in [-0.39, 0.29) is 5.82 Å². The van der Waals surface area contributed by atoms with Gasteiger partial charge in [-0.1, -0.05) is 19.1 Å². The van der Waals surface area contributed by atoms with Crippen molar-refractivity contribution in [3.05, 3.63) is 35.6 Å². The fourth-order valence-electron chi connectivity index (χ4n) is 2.90. The van der Waals surface area contributed by atoms with E-state index < -0.39 is 0 Å². The summed E-state index contributed by atoms with van der Waals surface area (Å²) in [7, 11) is 2.00. The van der Waals surface area contributed by atoms with E-state index in [2.05, 4.69) is 17.1 Å². The number of hydrogen-bond acceptors (Lipinski definition) is 2. The molecule has 0 bridgehead atoms. The summed E-state index contributed by atoms with van der Waals surface area (Å²) in [6.07, 6.45) is 1.22. The first kappa shape index (κ1) is 12.5. The first-order valence-electron chi connectivity index (χ1n) is 6.40. The largest absolute Gasteiger partial charge is 0.319 e. The van der Waals surface area contributed by atoms with Gasteiger partial charge < -0.3 is 5.32 Å². The van der Waals surface area contributed by atoms with Crippen LogP contribution in [0.25, 0.3) is 0 Å². The summed E-state index contributed by atoms with van der Waals surface area (Å²) in [6.45, 7) is 5.42. The monoisotopic (exact) mass is 236 g/mol. The summed E-state index contributed by atoms with van der Waals surface area (Å²) in [6, 6.07) is 7.43. The first-order chi connectivity index (χ1) is 8.26. The second-order valence-electron chi connectivity index (χ2n) is 4.73. The van der Waals surface area contributed by atoms with Crippen LogP contribution in [0.15, 0.2) is 24.3 Å². The van der Waals surface area contributed by atoms with E-state index in [9.17, 15) is 4.39 Å². The third-order valence-electron chi connectivity index (χ3n) is 3.71. The number of nitrogens with one attached hydrogen (secondary N) is 1. The van der Waals surface area contributed by atoms with Gasteiger partial charge in [0.15, 0.2) is 0 Å². The van der Waals surface area contributed by atoms with E-state index in [1.165, 1.54) is 12.0 Å². The quantitative estimate of drug-likeness (QED) is 0.863. The van der Waals surface area contributed by atoms with Crippen molar-refractivity contribution < 1.29 is 4.39 Å². The lowest BCUT2D eigenvalue weighted by Gasteiger charge is -2.27. The van der Waals surface area contributed by atoms with Crippen molar-refractivity contribution in [2.75, 3.05) is 26.7 Å². The highest BCUT2D eigenvalue weighted by Crippen LogP contribution is 2.36. The molecule has 0 saturated carbocycles. The standard InChI is InChI=1S/C14H21FN2/c1-3-17-9-8-12(10-16-2)14(17)11-4-6-13(15)7-5-11/h4-7,12,14,16H,3,8-10H2,1-2H3. The molecule has 1 aromatic rings. The third-order valence-corrected chi connectivity index (χ3v) is 3.71. The van der Waals surface area contributed by atoms with Crippen molar-refractivity contribution in [2.45, 2.75) is 19.4 Å². The Hall–Kier alpha value is -0.930. The molecule has 94 valence electrons. The molecule has 2 atom stereocenters. The first-order valence-corrected chi connectivity index (χ1v) is 6.40. The Morgan fingerprint density at radius 1 is 1.35 bits per heavy atom. The molecule has 2 nitrogen and oxygen atoms in total. The van der Waals surface area contributed by atoms with Gasteiger partial charge >= 0.3 is 0 Å². The molecule has 1 aliphatic rings. The molecule has 1 saturated heterocycles. The lowest BCUT2D eigenvalue weighted by molar-refractivity contribution is 0.238. The topological polar surface area (TPSA) is 15.3 Å². The Bertz CT molecular complexity index is 350. The zero-order valence-electron chi connectivity index (χ0n) is 10.6. The molecule has 2 rings (SSSR count). The second kappa shape index (κ2) is 5.61. The summed E-state index contributed by atoms with van der Waals surface area (Å²) in [4.78, 5) is 2.48. The van der Waals surface area contributed by atoms with Gasteiger partial charge in [-0.05, 0) is 56.7 Å². The van der Waals surface area contributed by atoms with Crippen LogP contribution < -0.4 is 5.32 Å². The molecular formula is C14H21FN2. The predicted molar refractivity (Wildman–Crippen MR) is 68.4 cm³/mol. The number of benzene rings is 1. The maximum atomic E-state index is 13.0. The second-order valence-corrected chi connectivity index (χ2v) is 4.73. The Morgan fingerprint density at radius 2 is 2.06 bits per heavy atom. The molecule has 0 radical (unpaired) electrons. The molecule has 0 aliphatic carbocycles. The van der Waals surface area contributed by atoms with Crippen LogP contribution >= 0.6 is 0 Å². The molecule has 0 spiro atoms. The van der Waals surface area contributed by atoms with Crippen LogP contribution in [0.2, 0.25) is 0 Å². The molecule has 0 amide bonds. The molecular weight excluding hydrogens is 215 g/mol. The molecule has 1 aromatic carbocycles. The normalized spacial score (nSPS) is 25.4. The van der Waals surface area contributed by atoms with Gasteiger partial charge in [-0.15, -0.1) is 0 Å². The van der Waals surface area contributed by atoms with Gasteiger partial charge in [0.25, 0.3) is 0 Å². The number of nitrogens with zero attached hydrogens (tertiary/aromatic N) is 1. The fraction of sp³-hybridized carbons (Fsp3) is 0.571. The maximum absolute atomic E-state index is 13.0. The SMILES string of the molecule is CCN1CCC(CNC)C1c1ccc(F)cc1. The highest BCUT2D eigenvalue weighted by Gasteiger charge is 2.33. The van der Waals surface area contributed by atoms with Crippen molar-refractivity contribution in [1.82, 2.24) is 10.2 Å². The molecule has 3 heteroatoms. The lowest BCUT2D eigenvalue weighted by atomic mass is 9.93. The van der Waals surface area contributed by atoms with Crippen LogP contribution in [0.1, 0.15) is 24.9 Å². The van der Waals surface area contributed by atoms with Gasteiger partial charge in [0.2, 0.25) is 0 Å². The van der Waals surface area contributed by atoms with Crippen molar-refractivity contribution in [2.24, 2.45) is 5.92 Å². The average Bonchev–Trinajstić information content (AvgIpc) is 2.74. The van der Waals surface area contributed by atoms with E-state index in [0.717, 1.165) is 19.6 Å². The summed E-state index contributed by atoms with van der Waals surface area (Å²) in [5.41, 5.74) is 1.24. The van der Waals surface area contributed by atoms with Crippen molar-refractivity contribution in [3.8, 4) is 0 Å². The van der Waals surface area contributed by atoms with Gasteiger partial charge in [0.1, 0.15) is 5.82 Å². The van der Waals surface area contributed by atoms with Crippen molar-refractivity contribution in [3.63, 3.8) is 0 Å². The van der Waals surface area contributed by atoms with Gasteiger partial charge in [-0.2, -0.15) is 0 Å². The van der Waals surface area contributed by atoms with Crippen LogP contribution in [0.3, 0.4) is 0 Å². The highest BCUT2D eigenvalue weighted by atomic mass is 19.1. The van der Waals surface area contributed by atoms with E-state index in [0.29, 0.717) is 12.0 Å². The minimum Gasteiger partial charge on any atom is -0.319 e. The molecule has 1 heterocycles. The van der Waals surface area contributed by atoms with Crippen LogP contribution in [0, 0.1) is 11.7 Å². The average molecular weight is 236 g/mol. The zero-order chi connectivity index (χ0) is 12.3. The van der Waals surface area contributed by atoms with Crippen molar-refractivity contribution in [1.29, 1.82) is 0 Å². The minimum absolute atomic E-state index is 0.153. The molecule has 17 heavy (non-hydrogen) atoms. The summed E-state index contributed by atoms with van der Waals surface area (Å²) in [5.74, 6) is 0.477. The summed E-state index contributed by atoms with van der Waals surface area (Å²) in [5, 5.41) is 3.26. The van der Waals surface area contributed by atoms with Gasteiger partial charge in [-0.25, -0.2) is 4.39 Å². The Kier molecular flexibility index (Phi) is 4.13. The number of hydrogen-bond donors (Lipinski definition) is 1. The van der Waals surface area contributed by atoms with E-state index in [4.69, 9.17) is 0 Å². The van der Waals surface area contributed by atoms with Crippen LogP contribution in [0.4, 0.5) is 4.39 Å². The minimum atomic E-state index is -0.153. The van der Waals surface area contributed by atoms with Crippen LogP contribution in [0.5, 0.6) is 0 Å².